The summed E-state index contributed by atoms with van der Waals surface area (Å²) in [5.41, 5.74) is 0.189. The van der Waals surface area contributed by atoms with Gasteiger partial charge in [-0.2, -0.15) is 0 Å². The van der Waals surface area contributed by atoms with E-state index in [-0.39, 0.29) is 17.2 Å². The first kappa shape index (κ1) is 10.4. The van der Waals surface area contributed by atoms with Crippen LogP contribution in [0.3, 0.4) is 0 Å². The highest BCUT2D eigenvalue weighted by Gasteiger charge is 2.05. The second kappa shape index (κ2) is 4.05. The second-order valence-electron chi connectivity index (χ2n) is 3.42. The molecular weight excluding hydrogens is 180 g/mol. The van der Waals surface area contributed by atoms with Crippen LogP contribution in [0.15, 0.2) is 23.0 Å². The Bertz CT molecular complexity index is 408. The fourth-order valence-corrected chi connectivity index (χ4v) is 1.13. The summed E-state index contributed by atoms with van der Waals surface area (Å²) in [6, 6.07) is 4.51. The highest BCUT2D eigenvalue weighted by molar-refractivity contribution is 5.75. The van der Waals surface area contributed by atoms with Gasteiger partial charge in [0.1, 0.15) is 0 Å². The average Bonchev–Trinajstić information content (AvgIpc) is 2.28. The van der Waals surface area contributed by atoms with Crippen molar-refractivity contribution in [1.82, 2.24) is 0 Å². The lowest BCUT2D eigenvalue weighted by atomic mass is 10.1. The first-order valence-electron chi connectivity index (χ1n) is 4.38. The van der Waals surface area contributed by atoms with E-state index in [0.717, 1.165) is 5.56 Å². The Balaban J connectivity index is 3.49. The van der Waals surface area contributed by atoms with Gasteiger partial charge in [0.05, 0.1) is 5.56 Å². The summed E-state index contributed by atoms with van der Waals surface area (Å²) < 4.78 is 0. The standard InChI is InChI=1S/C11H12O3/c1-7(2)8-3-4-9(6-12)11(14)10(13)5-8/h3-7H,1-2H3,(H,13,14). The third kappa shape index (κ3) is 1.99. The molecule has 0 aromatic heterocycles. The zero-order chi connectivity index (χ0) is 10.7. The summed E-state index contributed by atoms with van der Waals surface area (Å²) in [4.78, 5) is 21.8. The number of carbonyl (C=O) groups is 1. The minimum atomic E-state index is -0.619. The van der Waals surface area contributed by atoms with E-state index in [1.807, 2.05) is 13.8 Å². The molecule has 0 unspecified atom stereocenters. The highest BCUT2D eigenvalue weighted by atomic mass is 16.3. The number of aromatic hydroxyl groups is 1. The van der Waals surface area contributed by atoms with E-state index in [9.17, 15) is 14.7 Å². The Morgan fingerprint density at radius 1 is 1.36 bits per heavy atom. The predicted molar refractivity (Wildman–Crippen MR) is 53.9 cm³/mol. The Kier molecular flexibility index (Phi) is 3.02. The molecule has 0 heterocycles. The number of aldehydes is 1. The number of rotatable bonds is 2. The third-order valence-electron chi connectivity index (χ3n) is 2.05. The van der Waals surface area contributed by atoms with Crippen LogP contribution in [0.25, 0.3) is 0 Å². The van der Waals surface area contributed by atoms with E-state index in [1.165, 1.54) is 12.1 Å². The van der Waals surface area contributed by atoms with Crippen LogP contribution in [0.5, 0.6) is 5.75 Å². The second-order valence-corrected chi connectivity index (χ2v) is 3.42. The van der Waals surface area contributed by atoms with Crippen LogP contribution in [0.1, 0.15) is 35.7 Å². The van der Waals surface area contributed by atoms with Crippen molar-refractivity contribution in [3.63, 3.8) is 0 Å². The van der Waals surface area contributed by atoms with Crippen LogP contribution >= 0.6 is 0 Å². The van der Waals surface area contributed by atoms with Crippen molar-refractivity contribution in [2.45, 2.75) is 19.8 Å². The van der Waals surface area contributed by atoms with Crippen LogP contribution in [-0.2, 0) is 0 Å². The van der Waals surface area contributed by atoms with Crippen molar-refractivity contribution >= 4 is 6.29 Å². The predicted octanol–water partition coefficient (Wildman–Crippen LogP) is 1.69. The van der Waals surface area contributed by atoms with E-state index in [4.69, 9.17) is 0 Å². The number of hydrogen-bond donors (Lipinski definition) is 1. The summed E-state index contributed by atoms with van der Waals surface area (Å²) in [5, 5.41) is 9.35. The zero-order valence-electron chi connectivity index (χ0n) is 8.15. The van der Waals surface area contributed by atoms with Gasteiger partial charge >= 0.3 is 0 Å². The maximum absolute atomic E-state index is 11.3. The van der Waals surface area contributed by atoms with Crippen LogP contribution in [0.4, 0.5) is 0 Å². The monoisotopic (exact) mass is 192 g/mol. The van der Waals surface area contributed by atoms with Crippen molar-refractivity contribution in [1.29, 1.82) is 0 Å². The van der Waals surface area contributed by atoms with Gasteiger partial charge in [-0.25, -0.2) is 0 Å². The van der Waals surface area contributed by atoms with Gasteiger partial charge in [0.15, 0.2) is 12.0 Å². The molecular formula is C11H12O3. The van der Waals surface area contributed by atoms with Gasteiger partial charge in [-0.1, -0.05) is 19.9 Å². The quantitative estimate of drug-likeness (QED) is 0.725. The van der Waals surface area contributed by atoms with Gasteiger partial charge < -0.3 is 5.11 Å². The van der Waals surface area contributed by atoms with Gasteiger partial charge in [-0.3, -0.25) is 9.59 Å². The molecule has 0 aliphatic heterocycles. The number of hydrogen-bond acceptors (Lipinski definition) is 3. The molecule has 3 heteroatoms. The van der Waals surface area contributed by atoms with E-state index in [2.05, 4.69) is 0 Å². The lowest BCUT2D eigenvalue weighted by Crippen LogP contribution is -2.02. The Morgan fingerprint density at radius 2 is 2.00 bits per heavy atom. The molecule has 1 aromatic carbocycles. The van der Waals surface area contributed by atoms with E-state index in [0.29, 0.717) is 6.29 Å². The molecule has 0 aliphatic rings. The molecule has 3 nitrogen and oxygen atoms in total. The summed E-state index contributed by atoms with van der Waals surface area (Å²) in [6.45, 7) is 3.89. The molecule has 0 amide bonds. The highest BCUT2D eigenvalue weighted by Crippen LogP contribution is 2.15. The molecule has 0 saturated heterocycles. The maximum atomic E-state index is 11.3. The zero-order valence-corrected chi connectivity index (χ0v) is 8.15. The van der Waals surface area contributed by atoms with E-state index >= 15 is 0 Å². The molecule has 0 radical (unpaired) electrons. The molecule has 1 rings (SSSR count). The van der Waals surface area contributed by atoms with Gasteiger partial charge in [0.25, 0.3) is 0 Å². The molecule has 0 aliphatic carbocycles. The minimum absolute atomic E-state index is 0.0191. The van der Waals surface area contributed by atoms with Gasteiger partial charge in [-0.05, 0) is 23.6 Å². The van der Waals surface area contributed by atoms with Crippen LogP contribution in [-0.4, -0.2) is 11.4 Å². The maximum Gasteiger partial charge on any atom is 0.230 e. The Labute approximate surface area is 82.0 Å². The largest absolute Gasteiger partial charge is 0.504 e. The van der Waals surface area contributed by atoms with Crippen LogP contribution in [0.2, 0.25) is 0 Å². The fraction of sp³-hybridized carbons (Fsp3) is 0.273. The summed E-state index contributed by atoms with van der Waals surface area (Å²) in [7, 11) is 0. The molecule has 1 N–H and O–H groups in total. The molecule has 14 heavy (non-hydrogen) atoms. The average molecular weight is 192 g/mol. The van der Waals surface area contributed by atoms with Crippen molar-refractivity contribution in [2.24, 2.45) is 0 Å². The van der Waals surface area contributed by atoms with Gasteiger partial charge in [-0.15, -0.1) is 0 Å². The fourth-order valence-electron chi connectivity index (χ4n) is 1.13. The summed E-state index contributed by atoms with van der Waals surface area (Å²) >= 11 is 0. The third-order valence-corrected chi connectivity index (χ3v) is 2.05. The topological polar surface area (TPSA) is 54.4 Å². The molecule has 0 saturated carbocycles. The molecule has 0 spiro atoms. The normalized spacial score (nSPS) is 10.2. The summed E-state index contributed by atoms with van der Waals surface area (Å²) in [5.74, 6) is -0.173. The SMILES string of the molecule is CC(C)c1ccc(C=O)c(=O)c(O)c1. The van der Waals surface area contributed by atoms with E-state index in [1.54, 1.807) is 6.07 Å². The number of carbonyl (C=O) groups excluding carboxylic acids is 1. The van der Waals surface area contributed by atoms with Crippen molar-refractivity contribution in [2.75, 3.05) is 0 Å². The lowest BCUT2D eigenvalue weighted by Gasteiger charge is -2.00. The lowest BCUT2D eigenvalue weighted by molar-refractivity contribution is 0.112. The van der Waals surface area contributed by atoms with Crippen molar-refractivity contribution in [3.8, 4) is 5.75 Å². The molecule has 0 bridgehead atoms. The van der Waals surface area contributed by atoms with Crippen molar-refractivity contribution in [3.05, 3.63) is 39.5 Å². The molecule has 74 valence electrons. The van der Waals surface area contributed by atoms with Gasteiger partial charge in [0, 0.05) is 0 Å². The Morgan fingerprint density at radius 3 is 2.50 bits per heavy atom. The molecule has 0 atom stereocenters. The first-order chi connectivity index (χ1) is 6.56. The smallest absolute Gasteiger partial charge is 0.230 e. The Hall–Kier alpha value is -1.64. The van der Waals surface area contributed by atoms with E-state index < -0.39 is 5.43 Å². The first-order valence-corrected chi connectivity index (χ1v) is 4.38. The van der Waals surface area contributed by atoms with Crippen LogP contribution in [0, 0.1) is 0 Å². The summed E-state index contributed by atoms with van der Waals surface area (Å²) in [6.07, 6.45) is 0.451. The van der Waals surface area contributed by atoms with Crippen LogP contribution < -0.4 is 5.43 Å². The molecule has 0 fully saturated rings. The van der Waals surface area contributed by atoms with Crippen molar-refractivity contribution < 1.29 is 9.90 Å². The van der Waals surface area contributed by atoms with Gasteiger partial charge in [0.2, 0.25) is 5.43 Å². The minimum Gasteiger partial charge on any atom is -0.504 e. The molecule has 1 aromatic rings.